The lowest BCUT2D eigenvalue weighted by Gasteiger charge is -2.03. The molecule has 0 saturated heterocycles. The molecule has 0 spiro atoms. The highest BCUT2D eigenvalue weighted by molar-refractivity contribution is 6.09. The Morgan fingerprint density at radius 3 is 2.63 bits per heavy atom. The lowest BCUT2D eigenvalue weighted by molar-refractivity contribution is -0.112. The van der Waals surface area contributed by atoms with E-state index >= 15 is 0 Å². The largest absolute Gasteiger partial charge is 0.362 e. The summed E-state index contributed by atoms with van der Waals surface area (Å²) in [7, 11) is 0. The van der Waals surface area contributed by atoms with E-state index in [1.54, 1.807) is 18.3 Å². The van der Waals surface area contributed by atoms with E-state index in [0.29, 0.717) is 11.4 Å². The van der Waals surface area contributed by atoms with E-state index in [1.807, 2.05) is 6.07 Å². The van der Waals surface area contributed by atoms with E-state index in [4.69, 9.17) is 5.26 Å². The molecule has 2 N–H and O–H groups in total. The fourth-order valence-corrected chi connectivity index (χ4v) is 1.47. The van der Waals surface area contributed by atoms with Crippen LogP contribution in [-0.2, 0) is 4.79 Å². The van der Waals surface area contributed by atoms with Crippen molar-refractivity contribution >= 4 is 17.7 Å². The predicted molar refractivity (Wildman–Crippen MR) is 69.4 cm³/mol. The highest BCUT2D eigenvalue weighted by atomic mass is 19.1. The van der Waals surface area contributed by atoms with E-state index in [2.05, 4.69) is 10.3 Å². The van der Waals surface area contributed by atoms with Gasteiger partial charge in [-0.3, -0.25) is 4.79 Å². The van der Waals surface area contributed by atoms with Crippen LogP contribution in [0.4, 0.5) is 10.1 Å². The Kier molecular flexibility index (Phi) is 3.74. The number of rotatable bonds is 3. The Hall–Kier alpha value is -2.87. The van der Waals surface area contributed by atoms with Gasteiger partial charge in [-0.15, -0.1) is 0 Å². The molecule has 5 heteroatoms. The summed E-state index contributed by atoms with van der Waals surface area (Å²) in [6.07, 6.45) is 3.14. The molecule has 19 heavy (non-hydrogen) atoms. The minimum Gasteiger partial charge on any atom is -0.362 e. The van der Waals surface area contributed by atoms with Crippen molar-refractivity contribution in [3.63, 3.8) is 0 Å². The van der Waals surface area contributed by atoms with Crippen LogP contribution in [0.3, 0.4) is 0 Å². The number of aromatic amines is 1. The summed E-state index contributed by atoms with van der Waals surface area (Å²) in [6.45, 7) is 0. The highest BCUT2D eigenvalue weighted by Crippen LogP contribution is 2.11. The SMILES string of the molecule is N#C/C(=C\c1ccc[nH]1)C(=O)Nc1ccc(F)cc1. The number of carbonyl (C=O) groups excluding carboxylic acids is 1. The maximum atomic E-state index is 12.7. The van der Waals surface area contributed by atoms with Gasteiger partial charge in [0.05, 0.1) is 0 Å². The smallest absolute Gasteiger partial charge is 0.266 e. The maximum Gasteiger partial charge on any atom is 0.266 e. The van der Waals surface area contributed by atoms with Crippen molar-refractivity contribution in [3.05, 3.63) is 59.7 Å². The zero-order valence-corrected chi connectivity index (χ0v) is 9.85. The molecule has 0 atom stereocenters. The summed E-state index contributed by atoms with van der Waals surface area (Å²) in [5.74, 6) is -0.927. The number of nitrogens with zero attached hydrogens (tertiary/aromatic N) is 1. The molecule has 1 aromatic heterocycles. The summed E-state index contributed by atoms with van der Waals surface area (Å²) in [5.41, 5.74) is 1.05. The van der Waals surface area contributed by atoms with Crippen LogP contribution in [-0.4, -0.2) is 10.9 Å². The average Bonchev–Trinajstić information content (AvgIpc) is 2.91. The van der Waals surface area contributed by atoms with Crippen molar-refractivity contribution < 1.29 is 9.18 Å². The lowest BCUT2D eigenvalue weighted by atomic mass is 10.2. The molecule has 0 bridgehead atoms. The molecule has 1 amide bonds. The molecule has 0 aliphatic heterocycles. The van der Waals surface area contributed by atoms with Crippen LogP contribution >= 0.6 is 0 Å². The topological polar surface area (TPSA) is 68.7 Å². The van der Waals surface area contributed by atoms with E-state index in [0.717, 1.165) is 0 Å². The van der Waals surface area contributed by atoms with Crippen LogP contribution in [0.5, 0.6) is 0 Å². The standard InChI is InChI=1S/C14H10FN3O/c15-11-3-5-12(6-4-11)18-14(19)10(9-16)8-13-2-1-7-17-13/h1-8,17H,(H,18,19)/b10-8+. The van der Waals surface area contributed by atoms with Gasteiger partial charge in [-0.05, 0) is 42.5 Å². The average molecular weight is 255 g/mol. The first-order valence-corrected chi connectivity index (χ1v) is 5.51. The van der Waals surface area contributed by atoms with Gasteiger partial charge in [0.25, 0.3) is 5.91 Å². The molecule has 0 aliphatic rings. The molecule has 2 aromatic rings. The first kappa shape index (κ1) is 12.6. The van der Waals surface area contributed by atoms with Crippen molar-refractivity contribution in [3.8, 4) is 6.07 Å². The van der Waals surface area contributed by atoms with Gasteiger partial charge in [-0.1, -0.05) is 0 Å². The van der Waals surface area contributed by atoms with Crippen molar-refractivity contribution in [2.24, 2.45) is 0 Å². The number of nitrogens with one attached hydrogen (secondary N) is 2. The van der Waals surface area contributed by atoms with E-state index in [-0.39, 0.29) is 11.4 Å². The number of H-pyrrole nitrogens is 1. The van der Waals surface area contributed by atoms with Crippen LogP contribution in [0.2, 0.25) is 0 Å². The van der Waals surface area contributed by atoms with E-state index < -0.39 is 5.91 Å². The van der Waals surface area contributed by atoms with Gasteiger partial charge in [-0.25, -0.2) is 4.39 Å². The molecule has 0 aliphatic carbocycles. The van der Waals surface area contributed by atoms with Gasteiger partial charge in [0, 0.05) is 17.6 Å². The molecule has 0 unspecified atom stereocenters. The van der Waals surface area contributed by atoms with Gasteiger partial charge in [0.2, 0.25) is 0 Å². The van der Waals surface area contributed by atoms with Crippen LogP contribution < -0.4 is 5.32 Å². The van der Waals surface area contributed by atoms with Gasteiger partial charge < -0.3 is 10.3 Å². The van der Waals surface area contributed by atoms with Crippen molar-refractivity contribution in [2.45, 2.75) is 0 Å². The van der Waals surface area contributed by atoms with Crippen LogP contribution in [0.25, 0.3) is 6.08 Å². The predicted octanol–water partition coefficient (Wildman–Crippen LogP) is 2.70. The number of carbonyl (C=O) groups is 1. The van der Waals surface area contributed by atoms with Crippen LogP contribution in [0.15, 0.2) is 48.2 Å². The number of amides is 1. The van der Waals surface area contributed by atoms with Crippen LogP contribution in [0.1, 0.15) is 5.69 Å². The normalized spacial score (nSPS) is 10.8. The number of hydrogen-bond acceptors (Lipinski definition) is 2. The summed E-state index contributed by atoms with van der Waals surface area (Å²) in [5, 5.41) is 11.5. The molecule has 0 fully saturated rings. The molecular weight excluding hydrogens is 245 g/mol. The number of benzene rings is 1. The Morgan fingerprint density at radius 1 is 1.32 bits per heavy atom. The quantitative estimate of drug-likeness (QED) is 0.654. The van der Waals surface area contributed by atoms with Crippen molar-refractivity contribution in [1.29, 1.82) is 5.26 Å². The molecule has 94 valence electrons. The molecule has 2 rings (SSSR count). The summed E-state index contributed by atoms with van der Waals surface area (Å²) >= 11 is 0. The van der Waals surface area contributed by atoms with Gasteiger partial charge in [0.15, 0.2) is 0 Å². The van der Waals surface area contributed by atoms with Gasteiger partial charge in [0.1, 0.15) is 17.5 Å². The zero-order chi connectivity index (χ0) is 13.7. The summed E-state index contributed by atoms with van der Waals surface area (Å²) < 4.78 is 12.7. The molecule has 4 nitrogen and oxygen atoms in total. The van der Waals surface area contributed by atoms with Gasteiger partial charge >= 0.3 is 0 Å². The molecule has 0 radical (unpaired) electrons. The number of hydrogen-bond donors (Lipinski definition) is 2. The van der Waals surface area contributed by atoms with Crippen molar-refractivity contribution in [2.75, 3.05) is 5.32 Å². The highest BCUT2D eigenvalue weighted by Gasteiger charge is 2.09. The lowest BCUT2D eigenvalue weighted by Crippen LogP contribution is -2.13. The monoisotopic (exact) mass is 255 g/mol. The molecule has 0 saturated carbocycles. The third-order valence-electron chi connectivity index (χ3n) is 2.39. The van der Waals surface area contributed by atoms with E-state index in [1.165, 1.54) is 30.3 Å². The van der Waals surface area contributed by atoms with E-state index in [9.17, 15) is 9.18 Å². The van der Waals surface area contributed by atoms with Gasteiger partial charge in [-0.2, -0.15) is 5.26 Å². The fourth-order valence-electron chi connectivity index (χ4n) is 1.47. The number of anilines is 1. The number of halogens is 1. The first-order valence-electron chi connectivity index (χ1n) is 5.51. The Labute approximate surface area is 109 Å². The Morgan fingerprint density at radius 2 is 2.05 bits per heavy atom. The summed E-state index contributed by atoms with van der Waals surface area (Å²) in [4.78, 5) is 14.7. The number of nitriles is 1. The van der Waals surface area contributed by atoms with Crippen LogP contribution in [0, 0.1) is 17.1 Å². The minimum absolute atomic E-state index is 0.0354. The maximum absolute atomic E-state index is 12.7. The molecule has 1 heterocycles. The second-order valence-corrected chi connectivity index (χ2v) is 3.76. The fraction of sp³-hybridized carbons (Fsp3) is 0. The third-order valence-corrected chi connectivity index (χ3v) is 2.39. The molecular formula is C14H10FN3O. The second kappa shape index (κ2) is 5.65. The Balaban J connectivity index is 2.14. The third kappa shape index (κ3) is 3.30. The first-order chi connectivity index (χ1) is 9.19. The summed E-state index contributed by atoms with van der Waals surface area (Å²) in [6, 6.07) is 10.6. The zero-order valence-electron chi connectivity index (χ0n) is 9.85. The van der Waals surface area contributed by atoms with Crippen molar-refractivity contribution in [1.82, 2.24) is 4.98 Å². The Bertz CT molecular complexity index is 636. The molecule has 1 aromatic carbocycles. The minimum atomic E-state index is -0.538. The number of aromatic nitrogens is 1. The second-order valence-electron chi connectivity index (χ2n) is 3.76.